The molecule has 0 radical (unpaired) electrons. The van der Waals surface area contributed by atoms with Gasteiger partial charge >= 0.3 is 0 Å². The molecule has 268 valence electrons. The zero-order valence-corrected chi connectivity index (χ0v) is 30.8. The topological polar surface area (TPSA) is 158 Å². The minimum atomic E-state index is 0.141. The molecule has 1 N–H and O–H groups in total. The van der Waals surface area contributed by atoms with Crippen LogP contribution in [0.15, 0.2) is 70.8 Å². The lowest BCUT2D eigenvalue weighted by Gasteiger charge is -2.24. The molecule has 0 aromatic carbocycles. The highest BCUT2D eigenvalue weighted by atomic mass is 16.5. The Labute approximate surface area is 306 Å². The number of fused-ring (bicyclic) bond motifs is 2. The van der Waals surface area contributed by atoms with Crippen LogP contribution in [0.25, 0.3) is 66.6 Å². The molecule has 0 amide bonds. The third-order valence-corrected chi connectivity index (χ3v) is 10.5. The van der Waals surface area contributed by atoms with Gasteiger partial charge in [-0.05, 0) is 58.6 Å². The highest BCUT2D eigenvalue weighted by Crippen LogP contribution is 2.41. The number of hydrogen-bond donors (Lipinski definition) is 1. The second-order valence-corrected chi connectivity index (χ2v) is 14.0. The third-order valence-electron chi connectivity index (χ3n) is 10.5. The zero-order chi connectivity index (χ0) is 36.8. The average molecular weight is 708 g/mol. The number of aromatic nitrogens is 10. The minimum absolute atomic E-state index is 0.141. The Balaban J connectivity index is 0.000000160. The van der Waals surface area contributed by atoms with Gasteiger partial charge in [0.15, 0.2) is 0 Å². The lowest BCUT2D eigenvalue weighted by molar-refractivity contribution is 0.347. The van der Waals surface area contributed by atoms with Gasteiger partial charge in [-0.15, -0.1) is 0 Å². The van der Waals surface area contributed by atoms with Crippen molar-refractivity contribution in [2.45, 2.75) is 65.8 Å². The maximum atomic E-state index is 9.62. The summed E-state index contributed by atoms with van der Waals surface area (Å²) in [5.74, 6) is 2.10. The molecule has 0 bridgehead atoms. The summed E-state index contributed by atoms with van der Waals surface area (Å²) in [6.45, 7) is 7.73. The molecule has 1 saturated carbocycles. The number of nitrogens with zero attached hydrogens (tertiary/aromatic N) is 10. The van der Waals surface area contributed by atoms with E-state index in [0.717, 1.165) is 89.5 Å². The predicted octanol–water partition coefficient (Wildman–Crippen LogP) is 8.59. The van der Waals surface area contributed by atoms with Gasteiger partial charge in [-0.25, -0.2) is 0 Å². The predicted molar refractivity (Wildman–Crippen MR) is 201 cm³/mol. The lowest BCUT2D eigenvalue weighted by Crippen LogP contribution is -2.16. The summed E-state index contributed by atoms with van der Waals surface area (Å²) in [6, 6.07) is 6.83. The molecule has 0 aliphatic heterocycles. The fourth-order valence-corrected chi connectivity index (χ4v) is 7.95. The number of pyridine rings is 2. The van der Waals surface area contributed by atoms with Crippen LogP contribution in [0.2, 0.25) is 0 Å². The van der Waals surface area contributed by atoms with E-state index in [4.69, 9.17) is 14.0 Å². The highest BCUT2D eigenvalue weighted by molar-refractivity contribution is 5.95. The van der Waals surface area contributed by atoms with Crippen LogP contribution in [-0.4, -0.2) is 49.4 Å². The van der Waals surface area contributed by atoms with Crippen LogP contribution < -0.4 is 0 Å². The monoisotopic (exact) mass is 707 g/mol. The Morgan fingerprint density at radius 2 is 1.36 bits per heavy atom. The summed E-state index contributed by atoms with van der Waals surface area (Å²) in [5.41, 5.74) is 13.8. The summed E-state index contributed by atoms with van der Waals surface area (Å²) in [5, 5.41) is 26.3. The Bertz CT molecular complexity index is 2580. The van der Waals surface area contributed by atoms with Gasteiger partial charge in [-0.2, -0.15) is 15.5 Å². The van der Waals surface area contributed by atoms with Gasteiger partial charge in [0.1, 0.15) is 11.5 Å². The number of hydrogen-bond acceptors (Lipinski definition) is 9. The zero-order valence-electron chi connectivity index (χ0n) is 30.8. The van der Waals surface area contributed by atoms with Gasteiger partial charge < -0.3 is 18.6 Å². The normalized spacial score (nSPS) is 13.8. The standard InChI is InChI=1S/C24H26N6O.C16H15N5O/c1-15-23(16(2)31-28-15)18-10-22-24(26-11-18)20(19-12-27-29(3)13-19)14-30(22)21(8-9-25)17-6-4-5-7-17;1-9-15(10(2)22-20-9)11-4-14-16(18-5-11)13(7-17-14)12-6-19-21(3)8-12/h10-14,17,21H,4-8H2,1-3H3;4-8,17H,1-3H3. The first kappa shape index (κ1) is 33.8. The van der Waals surface area contributed by atoms with Crippen LogP contribution in [0.5, 0.6) is 0 Å². The number of rotatable bonds is 7. The molecule has 1 aliphatic carbocycles. The molecule has 8 aromatic heterocycles. The van der Waals surface area contributed by atoms with Crippen LogP contribution in [0.4, 0.5) is 0 Å². The Morgan fingerprint density at radius 1 is 0.774 bits per heavy atom. The van der Waals surface area contributed by atoms with Gasteiger partial charge in [-0.3, -0.25) is 19.3 Å². The second kappa shape index (κ2) is 13.7. The number of H-pyrrole nitrogens is 1. The van der Waals surface area contributed by atoms with Crippen molar-refractivity contribution in [1.29, 1.82) is 5.26 Å². The molecule has 1 atom stereocenters. The van der Waals surface area contributed by atoms with Crippen LogP contribution in [0.3, 0.4) is 0 Å². The molecule has 1 aliphatic rings. The van der Waals surface area contributed by atoms with E-state index in [2.05, 4.69) is 59.4 Å². The molecule has 1 fully saturated rings. The smallest absolute Gasteiger partial charge is 0.141 e. The van der Waals surface area contributed by atoms with Crippen LogP contribution in [0, 0.1) is 44.9 Å². The number of aryl methyl sites for hydroxylation is 6. The van der Waals surface area contributed by atoms with Crippen LogP contribution >= 0.6 is 0 Å². The third kappa shape index (κ3) is 6.20. The first-order valence-corrected chi connectivity index (χ1v) is 17.9. The maximum absolute atomic E-state index is 9.62. The van der Waals surface area contributed by atoms with E-state index in [9.17, 15) is 5.26 Å². The molecule has 13 heteroatoms. The number of aromatic amines is 1. The highest BCUT2D eigenvalue weighted by Gasteiger charge is 2.29. The van der Waals surface area contributed by atoms with Gasteiger partial charge in [0, 0.05) is 102 Å². The Kier molecular flexibility index (Phi) is 8.74. The lowest BCUT2D eigenvalue weighted by atomic mass is 9.95. The fourth-order valence-electron chi connectivity index (χ4n) is 7.95. The maximum Gasteiger partial charge on any atom is 0.141 e. The molecule has 13 nitrogen and oxygen atoms in total. The first-order chi connectivity index (χ1) is 25.7. The van der Waals surface area contributed by atoms with E-state index in [1.54, 1.807) is 9.36 Å². The van der Waals surface area contributed by atoms with Crippen molar-refractivity contribution in [2.24, 2.45) is 20.0 Å². The Morgan fingerprint density at radius 3 is 1.91 bits per heavy atom. The SMILES string of the molecule is Cc1noc(C)c1-c1cnc2c(-c3cnn(C)c3)c[nH]c2c1.Cc1noc(C)c1-c1cnc2c(-c3cnn(C)c3)cn(C(CC#N)C3CCCC3)c2c1. The Hall–Kier alpha value is -6.29. The molecule has 0 spiro atoms. The van der Waals surface area contributed by atoms with Crippen molar-refractivity contribution in [1.82, 2.24) is 49.4 Å². The van der Waals surface area contributed by atoms with Crippen LogP contribution in [-0.2, 0) is 14.1 Å². The van der Waals surface area contributed by atoms with E-state index < -0.39 is 0 Å². The fraction of sp³-hybridized carbons (Fsp3) is 0.325. The van der Waals surface area contributed by atoms with E-state index >= 15 is 0 Å². The van der Waals surface area contributed by atoms with Crippen molar-refractivity contribution in [3.05, 3.63) is 84.6 Å². The van der Waals surface area contributed by atoms with Gasteiger partial charge in [0.05, 0.1) is 58.3 Å². The van der Waals surface area contributed by atoms with E-state index in [1.807, 2.05) is 85.2 Å². The summed E-state index contributed by atoms with van der Waals surface area (Å²) in [4.78, 5) is 12.8. The van der Waals surface area contributed by atoms with Gasteiger partial charge in [-0.1, -0.05) is 23.2 Å². The average Bonchev–Trinajstić information content (AvgIpc) is 4.01. The molecule has 9 rings (SSSR count). The molecule has 0 saturated heterocycles. The first-order valence-electron chi connectivity index (χ1n) is 17.9. The quantitative estimate of drug-likeness (QED) is 0.171. The number of nitrogens with one attached hydrogen (secondary N) is 1. The van der Waals surface area contributed by atoms with Gasteiger partial charge in [0.25, 0.3) is 0 Å². The van der Waals surface area contributed by atoms with E-state index in [0.29, 0.717) is 12.3 Å². The molecule has 1 unspecified atom stereocenters. The van der Waals surface area contributed by atoms with Crippen molar-refractivity contribution in [3.63, 3.8) is 0 Å². The van der Waals surface area contributed by atoms with E-state index in [-0.39, 0.29) is 6.04 Å². The largest absolute Gasteiger partial charge is 0.361 e. The second-order valence-electron chi connectivity index (χ2n) is 14.0. The molecule has 8 heterocycles. The molecule has 53 heavy (non-hydrogen) atoms. The summed E-state index contributed by atoms with van der Waals surface area (Å²) in [7, 11) is 3.82. The van der Waals surface area contributed by atoms with E-state index in [1.165, 1.54) is 25.7 Å². The van der Waals surface area contributed by atoms with Crippen molar-refractivity contribution < 1.29 is 9.05 Å². The van der Waals surface area contributed by atoms with Crippen LogP contribution in [0.1, 0.15) is 61.1 Å². The molecular formula is C40H41N11O2. The van der Waals surface area contributed by atoms with Crippen molar-refractivity contribution in [3.8, 4) is 50.6 Å². The summed E-state index contributed by atoms with van der Waals surface area (Å²) >= 11 is 0. The van der Waals surface area contributed by atoms with Crippen molar-refractivity contribution >= 4 is 22.1 Å². The molecule has 8 aromatic rings. The van der Waals surface area contributed by atoms with Gasteiger partial charge in [0.2, 0.25) is 0 Å². The summed E-state index contributed by atoms with van der Waals surface area (Å²) in [6.07, 6.45) is 20.9. The number of nitriles is 1. The van der Waals surface area contributed by atoms with Crippen molar-refractivity contribution in [2.75, 3.05) is 0 Å². The minimum Gasteiger partial charge on any atom is -0.361 e. The molecular weight excluding hydrogens is 667 g/mol. The summed E-state index contributed by atoms with van der Waals surface area (Å²) < 4.78 is 16.5.